The molecule has 1 N–H and O–H groups in total. The molecule has 1 fully saturated rings. The quantitative estimate of drug-likeness (QED) is 0.598. The van der Waals surface area contributed by atoms with Crippen molar-refractivity contribution in [3.05, 3.63) is 62.6 Å². The maximum absolute atomic E-state index is 11.8. The number of sulfone groups is 1. The number of rotatable bonds is 5. The van der Waals surface area contributed by atoms with Gasteiger partial charge in [-0.2, -0.15) is 0 Å². The number of anilines is 1. The van der Waals surface area contributed by atoms with Crippen LogP contribution in [0.2, 0.25) is 0 Å². The Morgan fingerprint density at radius 3 is 2.58 bits per heavy atom. The minimum absolute atomic E-state index is 0.178. The van der Waals surface area contributed by atoms with Crippen molar-refractivity contribution in [2.45, 2.75) is 23.3 Å². The third kappa shape index (κ3) is 3.44. The lowest BCUT2D eigenvalue weighted by atomic mass is 10.1. The maximum atomic E-state index is 11.8. The molecule has 0 radical (unpaired) electrons. The Hall–Kier alpha value is -1.93. The zero-order valence-corrected chi connectivity index (χ0v) is 15.2. The summed E-state index contributed by atoms with van der Waals surface area (Å²) in [5.41, 5.74) is 1.36. The molecule has 1 aliphatic rings. The molecule has 24 heavy (non-hydrogen) atoms. The van der Waals surface area contributed by atoms with Gasteiger partial charge in [-0.15, -0.1) is 0 Å². The predicted molar refractivity (Wildman–Crippen MR) is 95.1 cm³/mol. The summed E-state index contributed by atoms with van der Waals surface area (Å²) >= 11 is 3.53. The highest BCUT2D eigenvalue weighted by Crippen LogP contribution is 2.45. The van der Waals surface area contributed by atoms with Crippen LogP contribution in [0.15, 0.2) is 51.8 Å². The number of nitrogens with one attached hydrogen (secondary N) is 1. The Kier molecular flexibility index (Phi) is 4.35. The van der Waals surface area contributed by atoms with E-state index in [1.807, 2.05) is 24.3 Å². The SMILES string of the molecule is CS(=O)(=O)c1cc(NC2CC2c2ccccc2Br)ccc1[N+](=O)[O-]. The van der Waals surface area contributed by atoms with Gasteiger partial charge in [-0.1, -0.05) is 34.1 Å². The van der Waals surface area contributed by atoms with Gasteiger partial charge in [0, 0.05) is 34.4 Å². The molecular weight excluding hydrogens is 396 g/mol. The molecular formula is C16H15BrN2O4S. The minimum Gasteiger partial charge on any atom is -0.382 e. The van der Waals surface area contributed by atoms with E-state index in [-0.39, 0.29) is 10.9 Å². The summed E-state index contributed by atoms with van der Waals surface area (Å²) in [6.07, 6.45) is 1.90. The molecule has 0 aliphatic heterocycles. The molecule has 2 unspecified atom stereocenters. The molecule has 0 amide bonds. The summed E-state index contributed by atoms with van der Waals surface area (Å²) in [7, 11) is -3.68. The van der Waals surface area contributed by atoms with E-state index in [9.17, 15) is 18.5 Å². The van der Waals surface area contributed by atoms with E-state index in [1.165, 1.54) is 17.7 Å². The first kappa shape index (κ1) is 16.9. The second-order valence-corrected chi connectivity index (χ2v) is 8.66. The molecule has 1 saturated carbocycles. The third-order valence-corrected chi connectivity index (χ3v) is 5.85. The molecule has 1 aliphatic carbocycles. The Morgan fingerprint density at radius 2 is 1.96 bits per heavy atom. The van der Waals surface area contributed by atoms with Crippen LogP contribution >= 0.6 is 15.9 Å². The molecule has 3 rings (SSSR count). The lowest BCUT2D eigenvalue weighted by Gasteiger charge is -2.09. The van der Waals surface area contributed by atoms with Gasteiger partial charge in [-0.05, 0) is 30.2 Å². The Morgan fingerprint density at radius 1 is 1.25 bits per heavy atom. The van der Waals surface area contributed by atoms with Gasteiger partial charge in [0.25, 0.3) is 5.69 Å². The van der Waals surface area contributed by atoms with E-state index in [4.69, 9.17) is 0 Å². The number of benzene rings is 2. The first-order valence-corrected chi connectivity index (χ1v) is 9.95. The predicted octanol–water partition coefficient (Wildman–Crippen LogP) is 3.73. The number of nitro benzene ring substituents is 1. The van der Waals surface area contributed by atoms with Crippen LogP contribution in [0.1, 0.15) is 17.9 Å². The fourth-order valence-electron chi connectivity index (χ4n) is 2.74. The molecule has 0 saturated heterocycles. The fraction of sp³-hybridized carbons (Fsp3) is 0.250. The molecule has 0 heterocycles. The number of halogens is 1. The second kappa shape index (κ2) is 6.18. The van der Waals surface area contributed by atoms with E-state index < -0.39 is 20.4 Å². The first-order chi connectivity index (χ1) is 11.3. The molecule has 126 valence electrons. The highest BCUT2D eigenvalue weighted by Gasteiger charge is 2.39. The number of hydrogen-bond donors (Lipinski definition) is 1. The monoisotopic (exact) mass is 410 g/mol. The van der Waals surface area contributed by atoms with Crippen molar-refractivity contribution in [3.8, 4) is 0 Å². The average molecular weight is 411 g/mol. The Balaban J connectivity index is 1.83. The zero-order chi connectivity index (χ0) is 17.5. The van der Waals surface area contributed by atoms with Crippen molar-refractivity contribution in [2.24, 2.45) is 0 Å². The smallest absolute Gasteiger partial charge is 0.288 e. The van der Waals surface area contributed by atoms with Gasteiger partial charge >= 0.3 is 0 Å². The summed E-state index contributed by atoms with van der Waals surface area (Å²) < 4.78 is 24.6. The van der Waals surface area contributed by atoms with E-state index in [0.717, 1.165) is 17.1 Å². The molecule has 0 spiro atoms. The van der Waals surface area contributed by atoms with Crippen molar-refractivity contribution in [3.63, 3.8) is 0 Å². The highest BCUT2D eigenvalue weighted by molar-refractivity contribution is 9.10. The minimum atomic E-state index is -3.68. The summed E-state index contributed by atoms with van der Waals surface area (Å²) in [6, 6.07) is 12.3. The lowest BCUT2D eigenvalue weighted by Crippen LogP contribution is -2.07. The molecule has 0 aromatic heterocycles. The van der Waals surface area contributed by atoms with Crippen molar-refractivity contribution < 1.29 is 13.3 Å². The van der Waals surface area contributed by atoms with Crippen molar-refractivity contribution >= 4 is 37.1 Å². The van der Waals surface area contributed by atoms with Crippen LogP contribution in [0.3, 0.4) is 0 Å². The van der Waals surface area contributed by atoms with E-state index in [2.05, 4.69) is 21.2 Å². The van der Waals surface area contributed by atoms with Gasteiger partial charge in [0.05, 0.1) is 4.92 Å². The van der Waals surface area contributed by atoms with E-state index in [0.29, 0.717) is 11.6 Å². The zero-order valence-electron chi connectivity index (χ0n) is 12.8. The van der Waals surface area contributed by atoms with Crippen LogP contribution < -0.4 is 5.32 Å². The molecule has 8 heteroatoms. The summed E-state index contributed by atoms with van der Waals surface area (Å²) in [4.78, 5) is 10.1. The van der Waals surface area contributed by atoms with Gasteiger partial charge in [0.15, 0.2) is 9.84 Å². The molecule has 2 aromatic rings. The van der Waals surface area contributed by atoms with Gasteiger partial charge in [-0.25, -0.2) is 8.42 Å². The van der Waals surface area contributed by atoms with Gasteiger partial charge in [0.2, 0.25) is 0 Å². The first-order valence-electron chi connectivity index (χ1n) is 7.27. The van der Waals surface area contributed by atoms with Crippen LogP contribution in [-0.2, 0) is 9.84 Å². The number of nitro groups is 1. The summed E-state index contributed by atoms with van der Waals surface area (Å²) in [5, 5.41) is 14.3. The summed E-state index contributed by atoms with van der Waals surface area (Å²) in [6.45, 7) is 0. The Bertz CT molecular complexity index is 914. The average Bonchev–Trinajstić information content (AvgIpc) is 3.25. The molecule has 0 bridgehead atoms. The van der Waals surface area contributed by atoms with E-state index >= 15 is 0 Å². The molecule has 2 aromatic carbocycles. The van der Waals surface area contributed by atoms with Crippen LogP contribution in [0.4, 0.5) is 11.4 Å². The van der Waals surface area contributed by atoms with Crippen LogP contribution in [0, 0.1) is 10.1 Å². The normalized spacial score (nSPS) is 19.8. The number of hydrogen-bond acceptors (Lipinski definition) is 5. The fourth-order valence-corrected chi connectivity index (χ4v) is 4.18. The standard InChI is InChI=1S/C16H15BrN2O4S/c1-24(22,23)16-8-10(6-7-15(16)19(20)21)18-14-9-12(14)11-4-2-3-5-13(11)17/h2-8,12,14,18H,9H2,1H3. The lowest BCUT2D eigenvalue weighted by molar-refractivity contribution is -0.387. The second-order valence-electron chi connectivity index (χ2n) is 5.83. The summed E-state index contributed by atoms with van der Waals surface area (Å²) in [5.74, 6) is 0.331. The van der Waals surface area contributed by atoms with Crippen molar-refractivity contribution in [2.75, 3.05) is 11.6 Å². The largest absolute Gasteiger partial charge is 0.382 e. The number of nitrogens with zero attached hydrogens (tertiary/aromatic N) is 1. The van der Waals surface area contributed by atoms with E-state index in [1.54, 1.807) is 6.07 Å². The van der Waals surface area contributed by atoms with Crippen LogP contribution in [0.5, 0.6) is 0 Å². The van der Waals surface area contributed by atoms with Gasteiger partial charge < -0.3 is 5.32 Å². The van der Waals surface area contributed by atoms with Gasteiger partial charge in [0.1, 0.15) is 4.90 Å². The Labute approximate surface area is 148 Å². The van der Waals surface area contributed by atoms with Crippen molar-refractivity contribution in [1.82, 2.24) is 0 Å². The highest BCUT2D eigenvalue weighted by atomic mass is 79.9. The maximum Gasteiger partial charge on any atom is 0.288 e. The van der Waals surface area contributed by atoms with Crippen molar-refractivity contribution in [1.29, 1.82) is 0 Å². The van der Waals surface area contributed by atoms with Crippen LogP contribution in [-0.4, -0.2) is 25.6 Å². The topological polar surface area (TPSA) is 89.3 Å². The molecule has 6 nitrogen and oxygen atoms in total. The molecule has 2 atom stereocenters. The van der Waals surface area contributed by atoms with Crippen LogP contribution in [0.25, 0.3) is 0 Å². The van der Waals surface area contributed by atoms with Gasteiger partial charge in [-0.3, -0.25) is 10.1 Å². The third-order valence-electron chi connectivity index (χ3n) is 4.00.